The molecule has 7 rings (SSSR count). The monoisotopic (exact) mass is 480 g/mol. The molecule has 0 N–H and O–H groups in total. The van der Waals surface area contributed by atoms with E-state index in [9.17, 15) is 0 Å². The molecule has 1 aliphatic rings. The van der Waals surface area contributed by atoms with Crippen molar-refractivity contribution in [3.8, 4) is 11.1 Å². The number of rotatable bonds is 2. The zero-order valence-electron chi connectivity index (χ0n) is 21.7. The molecule has 1 fully saturated rings. The van der Waals surface area contributed by atoms with Crippen molar-refractivity contribution in [2.45, 2.75) is 38.9 Å². The van der Waals surface area contributed by atoms with Crippen LogP contribution in [0.1, 0.15) is 27.7 Å². The Kier molecular flexibility index (Phi) is 4.82. The second kappa shape index (κ2) is 7.92. The topological polar surface area (TPSA) is 18.5 Å². The Hall–Kier alpha value is -3.66. The Bertz CT molecular complexity index is 1800. The number of hydrogen-bond donors (Lipinski definition) is 0. The van der Waals surface area contributed by atoms with Crippen molar-refractivity contribution in [1.82, 2.24) is 0 Å². The molecule has 0 saturated carbocycles. The molecule has 0 aliphatic carbocycles. The Morgan fingerprint density at radius 2 is 0.946 bits per heavy atom. The Morgan fingerprint density at radius 1 is 0.459 bits per heavy atom. The van der Waals surface area contributed by atoms with Crippen LogP contribution >= 0.6 is 0 Å². The molecular weight excluding hydrogens is 451 g/mol. The fraction of sp³-hybridized carbons (Fsp3) is 0.176. The molecular formula is C34H29BO2. The zero-order valence-corrected chi connectivity index (χ0v) is 21.7. The van der Waals surface area contributed by atoms with Gasteiger partial charge in [0.2, 0.25) is 0 Å². The van der Waals surface area contributed by atoms with E-state index in [0.29, 0.717) is 0 Å². The van der Waals surface area contributed by atoms with Crippen molar-refractivity contribution < 1.29 is 9.31 Å². The Balaban J connectivity index is 1.44. The van der Waals surface area contributed by atoms with Gasteiger partial charge >= 0.3 is 7.12 Å². The van der Waals surface area contributed by atoms with E-state index in [1.807, 2.05) is 0 Å². The normalized spacial score (nSPS) is 16.8. The summed E-state index contributed by atoms with van der Waals surface area (Å²) in [6.45, 7) is 8.42. The van der Waals surface area contributed by atoms with Crippen LogP contribution in [0.3, 0.4) is 0 Å². The van der Waals surface area contributed by atoms with E-state index in [2.05, 4.69) is 131 Å². The fourth-order valence-corrected chi connectivity index (χ4v) is 5.84. The second-order valence-corrected chi connectivity index (χ2v) is 11.2. The fourth-order valence-electron chi connectivity index (χ4n) is 5.84. The minimum Gasteiger partial charge on any atom is -0.399 e. The molecule has 3 heteroatoms. The molecule has 1 saturated heterocycles. The van der Waals surface area contributed by atoms with Crippen LogP contribution in [0.4, 0.5) is 0 Å². The first kappa shape index (κ1) is 22.5. The molecule has 6 aromatic rings. The van der Waals surface area contributed by atoms with Crippen molar-refractivity contribution in [2.75, 3.05) is 0 Å². The largest absolute Gasteiger partial charge is 0.495 e. The average Bonchev–Trinajstić information content (AvgIpc) is 3.14. The highest BCUT2D eigenvalue weighted by Crippen LogP contribution is 2.40. The highest BCUT2D eigenvalue weighted by atomic mass is 16.7. The molecule has 0 atom stereocenters. The van der Waals surface area contributed by atoms with E-state index in [1.165, 1.54) is 54.2 Å². The molecule has 6 aromatic carbocycles. The van der Waals surface area contributed by atoms with Gasteiger partial charge in [0.15, 0.2) is 0 Å². The highest BCUT2D eigenvalue weighted by molar-refractivity contribution is 6.65. The van der Waals surface area contributed by atoms with Crippen LogP contribution in [0, 0.1) is 0 Å². The first-order valence-corrected chi connectivity index (χ1v) is 13.0. The summed E-state index contributed by atoms with van der Waals surface area (Å²) in [4.78, 5) is 0. The molecule has 0 aromatic heterocycles. The molecule has 1 aliphatic heterocycles. The van der Waals surface area contributed by atoms with Crippen LogP contribution in [0.5, 0.6) is 0 Å². The maximum atomic E-state index is 6.43. The molecule has 37 heavy (non-hydrogen) atoms. The van der Waals surface area contributed by atoms with Crippen LogP contribution in [0.25, 0.3) is 54.2 Å². The van der Waals surface area contributed by atoms with Gasteiger partial charge in [-0.15, -0.1) is 0 Å². The van der Waals surface area contributed by atoms with Crippen molar-refractivity contribution in [2.24, 2.45) is 0 Å². The van der Waals surface area contributed by atoms with Gasteiger partial charge in [-0.2, -0.15) is 0 Å². The summed E-state index contributed by atoms with van der Waals surface area (Å²) >= 11 is 0. The highest BCUT2D eigenvalue weighted by Gasteiger charge is 2.52. The summed E-state index contributed by atoms with van der Waals surface area (Å²) in [5, 5.41) is 10.1. The maximum absolute atomic E-state index is 6.43. The van der Waals surface area contributed by atoms with Gasteiger partial charge in [0, 0.05) is 0 Å². The van der Waals surface area contributed by atoms with Crippen LogP contribution < -0.4 is 5.46 Å². The molecule has 0 amide bonds. The van der Waals surface area contributed by atoms with E-state index < -0.39 is 7.12 Å². The van der Waals surface area contributed by atoms with Crippen LogP contribution in [0.2, 0.25) is 0 Å². The predicted molar refractivity (Wildman–Crippen MR) is 158 cm³/mol. The van der Waals surface area contributed by atoms with E-state index in [1.54, 1.807) is 0 Å². The van der Waals surface area contributed by atoms with Gasteiger partial charge in [0.25, 0.3) is 0 Å². The number of hydrogen-bond acceptors (Lipinski definition) is 2. The lowest BCUT2D eigenvalue weighted by atomic mass is 9.75. The predicted octanol–water partition coefficient (Wildman–Crippen LogP) is 8.27. The maximum Gasteiger partial charge on any atom is 0.495 e. The van der Waals surface area contributed by atoms with E-state index in [-0.39, 0.29) is 11.2 Å². The minimum absolute atomic E-state index is 0.375. The van der Waals surface area contributed by atoms with Gasteiger partial charge in [-0.3, -0.25) is 0 Å². The SMILES string of the molecule is CC1(C)OB(c2cccc3c(-c4ccc5c6ccccc6c6ccccc6c5c4)cccc23)OC1(C)C. The van der Waals surface area contributed by atoms with Crippen molar-refractivity contribution in [3.63, 3.8) is 0 Å². The van der Waals surface area contributed by atoms with Crippen LogP contribution in [-0.2, 0) is 9.31 Å². The Labute approximate surface area is 218 Å². The second-order valence-electron chi connectivity index (χ2n) is 11.2. The molecule has 2 nitrogen and oxygen atoms in total. The van der Waals surface area contributed by atoms with Gasteiger partial charge in [-0.25, -0.2) is 0 Å². The minimum atomic E-state index is -0.393. The van der Waals surface area contributed by atoms with Crippen molar-refractivity contribution >= 4 is 55.7 Å². The first-order chi connectivity index (χ1) is 17.8. The van der Waals surface area contributed by atoms with E-state index in [4.69, 9.17) is 9.31 Å². The standard InChI is InChI=1S/C34H29BO2/c1-33(2)34(3,4)37-35(36-33)32-18-10-16-24-23(15-9-17-30(24)32)22-19-20-29-27-13-6-5-11-25(27)26-12-7-8-14-28(26)31(29)21-22/h5-21H,1-4H3. The third-order valence-electron chi connectivity index (χ3n) is 8.52. The van der Waals surface area contributed by atoms with Gasteiger partial charge in [-0.1, -0.05) is 97.1 Å². The summed E-state index contributed by atoms with van der Waals surface area (Å²) in [5.41, 5.74) is 2.76. The number of fused-ring (bicyclic) bond motifs is 7. The molecule has 1 heterocycles. The lowest BCUT2D eigenvalue weighted by Gasteiger charge is -2.32. The van der Waals surface area contributed by atoms with Gasteiger partial charge < -0.3 is 9.31 Å². The van der Waals surface area contributed by atoms with Gasteiger partial charge in [0.05, 0.1) is 11.2 Å². The van der Waals surface area contributed by atoms with Crippen LogP contribution in [-0.4, -0.2) is 18.3 Å². The summed E-state index contributed by atoms with van der Waals surface area (Å²) in [5.74, 6) is 0. The molecule has 0 bridgehead atoms. The third-order valence-corrected chi connectivity index (χ3v) is 8.52. The lowest BCUT2D eigenvalue weighted by molar-refractivity contribution is 0.00578. The van der Waals surface area contributed by atoms with Gasteiger partial charge in [0.1, 0.15) is 0 Å². The van der Waals surface area contributed by atoms with Crippen molar-refractivity contribution in [3.05, 3.63) is 103 Å². The number of benzene rings is 6. The van der Waals surface area contributed by atoms with Gasteiger partial charge in [-0.05, 0) is 93.4 Å². The zero-order chi connectivity index (χ0) is 25.4. The third kappa shape index (κ3) is 3.35. The van der Waals surface area contributed by atoms with E-state index >= 15 is 0 Å². The summed E-state index contributed by atoms with van der Waals surface area (Å²) in [6.07, 6.45) is 0. The summed E-state index contributed by atoms with van der Waals surface area (Å²) in [7, 11) is -0.393. The van der Waals surface area contributed by atoms with Crippen molar-refractivity contribution in [1.29, 1.82) is 0 Å². The molecule has 0 radical (unpaired) electrons. The van der Waals surface area contributed by atoms with Crippen LogP contribution in [0.15, 0.2) is 103 Å². The molecule has 180 valence electrons. The Morgan fingerprint density at radius 3 is 1.57 bits per heavy atom. The first-order valence-electron chi connectivity index (χ1n) is 13.0. The molecule has 0 unspecified atom stereocenters. The smallest absolute Gasteiger partial charge is 0.399 e. The van der Waals surface area contributed by atoms with E-state index in [0.717, 1.165) is 5.46 Å². The lowest BCUT2D eigenvalue weighted by Crippen LogP contribution is -2.41. The average molecular weight is 480 g/mol. The summed E-state index contributed by atoms with van der Waals surface area (Å²) < 4.78 is 12.9. The molecule has 0 spiro atoms. The quantitative estimate of drug-likeness (QED) is 0.183. The summed E-state index contributed by atoms with van der Waals surface area (Å²) in [6, 6.07) is 37.4.